The van der Waals surface area contributed by atoms with Gasteiger partial charge in [0.2, 0.25) is 0 Å². The Morgan fingerprint density at radius 2 is 2.24 bits per heavy atom. The number of hydrogen-bond donors (Lipinski definition) is 3. The number of aromatic nitrogens is 2. The summed E-state index contributed by atoms with van der Waals surface area (Å²) in [4.78, 5) is 10.7. The summed E-state index contributed by atoms with van der Waals surface area (Å²) in [5, 5.41) is 18.3. The SMILES string of the molecule is CC(C)[C@H](CC(C)(C)NC(=O)O)c1cc[nH]n1. The summed E-state index contributed by atoms with van der Waals surface area (Å²) in [6.45, 7) is 8.03. The molecule has 0 bridgehead atoms. The van der Waals surface area contributed by atoms with Crippen LogP contribution >= 0.6 is 0 Å². The first kappa shape index (κ1) is 13.5. The van der Waals surface area contributed by atoms with Crippen molar-refractivity contribution in [3.63, 3.8) is 0 Å². The monoisotopic (exact) mass is 239 g/mol. The first-order valence-electron chi connectivity index (χ1n) is 5.82. The zero-order valence-electron chi connectivity index (χ0n) is 10.8. The van der Waals surface area contributed by atoms with E-state index in [9.17, 15) is 4.79 Å². The van der Waals surface area contributed by atoms with Gasteiger partial charge < -0.3 is 10.4 Å². The Balaban J connectivity index is 2.77. The third kappa shape index (κ3) is 4.09. The number of nitrogens with zero attached hydrogens (tertiary/aromatic N) is 1. The first-order chi connectivity index (χ1) is 7.82. The number of H-pyrrole nitrogens is 1. The lowest BCUT2D eigenvalue weighted by Gasteiger charge is -2.30. The van der Waals surface area contributed by atoms with Crippen LogP contribution in [0.2, 0.25) is 0 Å². The molecule has 96 valence electrons. The minimum Gasteiger partial charge on any atom is -0.465 e. The number of amides is 1. The van der Waals surface area contributed by atoms with Crippen molar-refractivity contribution in [2.75, 3.05) is 0 Å². The molecular formula is C12H21N3O2. The van der Waals surface area contributed by atoms with Gasteiger partial charge in [0.15, 0.2) is 0 Å². The predicted molar refractivity (Wildman–Crippen MR) is 66.0 cm³/mol. The van der Waals surface area contributed by atoms with Crippen LogP contribution in [0.1, 0.15) is 45.7 Å². The fourth-order valence-electron chi connectivity index (χ4n) is 2.05. The summed E-state index contributed by atoms with van der Waals surface area (Å²) < 4.78 is 0. The van der Waals surface area contributed by atoms with Gasteiger partial charge in [-0.3, -0.25) is 5.10 Å². The van der Waals surface area contributed by atoms with E-state index in [4.69, 9.17) is 5.11 Å². The molecule has 0 saturated carbocycles. The molecule has 17 heavy (non-hydrogen) atoms. The Morgan fingerprint density at radius 1 is 1.59 bits per heavy atom. The molecule has 0 spiro atoms. The molecule has 0 aromatic carbocycles. The van der Waals surface area contributed by atoms with Crippen LogP contribution in [0.25, 0.3) is 0 Å². The zero-order chi connectivity index (χ0) is 13.1. The molecule has 0 aliphatic rings. The molecule has 0 aliphatic carbocycles. The maximum Gasteiger partial charge on any atom is 0.405 e. The summed E-state index contributed by atoms with van der Waals surface area (Å²) in [6.07, 6.45) is 1.53. The molecule has 1 aromatic heterocycles. The van der Waals surface area contributed by atoms with Gasteiger partial charge in [0.05, 0.1) is 5.69 Å². The minimum absolute atomic E-state index is 0.239. The van der Waals surface area contributed by atoms with Crippen LogP contribution < -0.4 is 5.32 Å². The van der Waals surface area contributed by atoms with Crippen molar-refractivity contribution < 1.29 is 9.90 Å². The van der Waals surface area contributed by atoms with Gasteiger partial charge in [-0.15, -0.1) is 0 Å². The van der Waals surface area contributed by atoms with Crippen LogP contribution in [0.15, 0.2) is 12.3 Å². The minimum atomic E-state index is -0.987. The van der Waals surface area contributed by atoms with Crippen LogP contribution in [0.3, 0.4) is 0 Å². The zero-order valence-corrected chi connectivity index (χ0v) is 10.8. The largest absolute Gasteiger partial charge is 0.465 e. The van der Waals surface area contributed by atoms with Crippen molar-refractivity contribution in [3.8, 4) is 0 Å². The number of carboxylic acid groups (broad SMARTS) is 1. The van der Waals surface area contributed by atoms with E-state index in [0.29, 0.717) is 5.92 Å². The topological polar surface area (TPSA) is 78.0 Å². The van der Waals surface area contributed by atoms with E-state index in [1.54, 1.807) is 6.20 Å². The van der Waals surface area contributed by atoms with E-state index in [-0.39, 0.29) is 5.92 Å². The molecule has 1 rings (SSSR count). The van der Waals surface area contributed by atoms with E-state index in [1.807, 2.05) is 19.9 Å². The average Bonchev–Trinajstić information content (AvgIpc) is 2.64. The normalized spacial score (nSPS) is 13.7. The average molecular weight is 239 g/mol. The van der Waals surface area contributed by atoms with E-state index < -0.39 is 11.6 Å². The lowest BCUT2D eigenvalue weighted by Crippen LogP contribution is -2.44. The molecule has 0 unspecified atom stereocenters. The highest BCUT2D eigenvalue weighted by atomic mass is 16.4. The van der Waals surface area contributed by atoms with Crippen LogP contribution in [0.5, 0.6) is 0 Å². The van der Waals surface area contributed by atoms with Gasteiger partial charge in [-0.1, -0.05) is 13.8 Å². The molecular weight excluding hydrogens is 218 g/mol. The highest BCUT2D eigenvalue weighted by Crippen LogP contribution is 2.31. The summed E-state index contributed by atoms with van der Waals surface area (Å²) in [6, 6.07) is 1.95. The lowest BCUT2D eigenvalue weighted by molar-refractivity contribution is 0.177. The Morgan fingerprint density at radius 3 is 2.65 bits per heavy atom. The lowest BCUT2D eigenvalue weighted by atomic mass is 9.82. The van der Waals surface area contributed by atoms with Crippen molar-refractivity contribution in [1.82, 2.24) is 15.5 Å². The van der Waals surface area contributed by atoms with Crippen molar-refractivity contribution in [2.24, 2.45) is 5.92 Å². The van der Waals surface area contributed by atoms with Crippen LogP contribution in [-0.2, 0) is 0 Å². The van der Waals surface area contributed by atoms with E-state index in [2.05, 4.69) is 29.4 Å². The van der Waals surface area contributed by atoms with Crippen molar-refractivity contribution >= 4 is 6.09 Å². The molecule has 5 nitrogen and oxygen atoms in total. The number of carbonyl (C=O) groups is 1. The van der Waals surface area contributed by atoms with E-state index in [0.717, 1.165) is 12.1 Å². The summed E-state index contributed by atoms with van der Waals surface area (Å²) >= 11 is 0. The molecule has 0 aliphatic heterocycles. The maximum absolute atomic E-state index is 10.7. The molecule has 0 saturated heterocycles. The van der Waals surface area contributed by atoms with E-state index >= 15 is 0 Å². The van der Waals surface area contributed by atoms with Crippen molar-refractivity contribution in [2.45, 2.75) is 45.6 Å². The van der Waals surface area contributed by atoms with E-state index in [1.165, 1.54) is 0 Å². The fraction of sp³-hybridized carbons (Fsp3) is 0.667. The van der Waals surface area contributed by atoms with Gasteiger partial charge in [0.1, 0.15) is 0 Å². The smallest absolute Gasteiger partial charge is 0.405 e. The molecule has 1 heterocycles. The summed E-state index contributed by atoms with van der Waals surface area (Å²) in [5.41, 5.74) is 0.528. The molecule has 1 amide bonds. The maximum atomic E-state index is 10.7. The van der Waals surface area contributed by atoms with Crippen molar-refractivity contribution in [1.29, 1.82) is 0 Å². The Kier molecular flexibility index (Phi) is 4.15. The predicted octanol–water partition coefficient (Wildman–Crippen LogP) is 2.59. The van der Waals surface area contributed by atoms with Gasteiger partial charge in [0, 0.05) is 17.7 Å². The molecule has 0 fully saturated rings. The summed E-state index contributed by atoms with van der Waals surface area (Å²) in [5.74, 6) is 0.649. The van der Waals surface area contributed by atoms with Crippen LogP contribution in [-0.4, -0.2) is 26.9 Å². The van der Waals surface area contributed by atoms with Gasteiger partial charge in [-0.2, -0.15) is 5.10 Å². The highest BCUT2D eigenvalue weighted by Gasteiger charge is 2.28. The van der Waals surface area contributed by atoms with Crippen molar-refractivity contribution in [3.05, 3.63) is 18.0 Å². The fourth-order valence-corrected chi connectivity index (χ4v) is 2.05. The molecule has 1 aromatic rings. The van der Waals surface area contributed by atoms with Gasteiger partial charge in [-0.05, 0) is 32.3 Å². The van der Waals surface area contributed by atoms with Crippen LogP contribution in [0.4, 0.5) is 4.79 Å². The summed E-state index contributed by atoms with van der Waals surface area (Å²) in [7, 11) is 0. The third-order valence-corrected chi connectivity index (χ3v) is 2.88. The Bertz CT molecular complexity index is 358. The second-order valence-electron chi connectivity index (χ2n) is 5.37. The first-order valence-corrected chi connectivity index (χ1v) is 5.82. The number of nitrogens with one attached hydrogen (secondary N) is 2. The highest BCUT2D eigenvalue weighted by molar-refractivity contribution is 5.65. The van der Waals surface area contributed by atoms with Gasteiger partial charge in [-0.25, -0.2) is 4.79 Å². The third-order valence-electron chi connectivity index (χ3n) is 2.88. The van der Waals surface area contributed by atoms with Gasteiger partial charge >= 0.3 is 6.09 Å². The second-order valence-corrected chi connectivity index (χ2v) is 5.37. The molecule has 0 radical (unpaired) electrons. The number of rotatable bonds is 5. The second kappa shape index (κ2) is 5.21. The quantitative estimate of drug-likeness (QED) is 0.739. The Hall–Kier alpha value is -1.52. The molecule has 5 heteroatoms. The number of aromatic amines is 1. The van der Waals surface area contributed by atoms with Crippen LogP contribution in [0, 0.1) is 5.92 Å². The van der Waals surface area contributed by atoms with Gasteiger partial charge in [0.25, 0.3) is 0 Å². The number of hydrogen-bond acceptors (Lipinski definition) is 2. The standard InChI is InChI=1S/C12H21N3O2/c1-8(2)9(10-5-6-13-15-10)7-12(3,4)14-11(16)17/h5-6,8-9,14H,7H2,1-4H3,(H,13,15)(H,16,17)/t9-/m0/s1. The molecule has 1 atom stereocenters. The Labute approximate surface area is 102 Å². The molecule has 3 N–H and O–H groups in total.